The largest absolute Gasteiger partial charge is 0.457 e. The van der Waals surface area contributed by atoms with Gasteiger partial charge in [-0.3, -0.25) is 4.79 Å². The van der Waals surface area contributed by atoms with Crippen molar-refractivity contribution in [2.75, 3.05) is 19.6 Å². The number of hydrogen-bond donors (Lipinski definition) is 1. The Balaban J connectivity index is 1.17. The van der Waals surface area contributed by atoms with Crippen LogP contribution in [0.25, 0.3) is 10.9 Å². The number of aromatic nitrogens is 1. The SMILES string of the molecule is CC(NC1CCN(CCn2c(=O)ccc3c(F)cc(F)cc32)CC1)c1ccc2c(c1)COC2=O. The topological polar surface area (TPSA) is 63.6 Å². The molecule has 0 amide bonds. The van der Waals surface area contributed by atoms with E-state index in [1.54, 1.807) is 0 Å². The summed E-state index contributed by atoms with van der Waals surface area (Å²) >= 11 is 0. The molecule has 8 heteroatoms. The van der Waals surface area contributed by atoms with Gasteiger partial charge in [0, 0.05) is 48.3 Å². The summed E-state index contributed by atoms with van der Waals surface area (Å²) in [6.45, 7) is 5.23. The first-order valence-electron chi connectivity index (χ1n) is 11.7. The van der Waals surface area contributed by atoms with E-state index in [1.165, 1.54) is 22.8 Å². The molecule has 0 radical (unpaired) electrons. The van der Waals surface area contributed by atoms with Crippen molar-refractivity contribution in [3.8, 4) is 0 Å². The molecule has 1 unspecified atom stereocenters. The number of ether oxygens (including phenoxy) is 1. The number of piperidine rings is 1. The predicted octanol–water partition coefficient (Wildman–Crippen LogP) is 3.77. The van der Waals surface area contributed by atoms with Gasteiger partial charge in [0.2, 0.25) is 0 Å². The van der Waals surface area contributed by atoms with Gasteiger partial charge in [-0.05, 0) is 62.7 Å². The van der Waals surface area contributed by atoms with E-state index in [1.807, 2.05) is 18.2 Å². The molecule has 2 aromatic carbocycles. The van der Waals surface area contributed by atoms with Crippen LogP contribution < -0.4 is 10.9 Å². The molecule has 1 fully saturated rings. The molecule has 34 heavy (non-hydrogen) atoms. The standard InChI is InChI=1S/C26H27F2N3O3/c1-16(17-2-3-21-18(12-17)15-34-26(21)33)29-20-6-8-30(9-7-20)10-11-31-24-14-19(27)13-23(28)22(24)4-5-25(31)32/h2-5,12-14,16,20,29H,6-11,15H2,1H3. The minimum absolute atomic E-state index is 0.150. The highest BCUT2D eigenvalue weighted by molar-refractivity contribution is 5.93. The van der Waals surface area contributed by atoms with Crippen LogP contribution in [-0.2, 0) is 17.9 Å². The van der Waals surface area contributed by atoms with E-state index in [9.17, 15) is 18.4 Å². The zero-order chi connectivity index (χ0) is 23.8. The number of benzene rings is 2. The average molecular weight is 468 g/mol. The van der Waals surface area contributed by atoms with E-state index in [2.05, 4.69) is 17.1 Å². The van der Waals surface area contributed by atoms with Crippen LogP contribution in [0.15, 0.2) is 47.3 Å². The highest BCUT2D eigenvalue weighted by Gasteiger charge is 2.24. The Bertz CT molecular complexity index is 1300. The Morgan fingerprint density at radius 2 is 1.85 bits per heavy atom. The summed E-state index contributed by atoms with van der Waals surface area (Å²) in [5, 5.41) is 3.94. The fourth-order valence-corrected chi connectivity index (χ4v) is 4.99. The number of rotatable bonds is 6. The fourth-order valence-electron chi connectivity index (χ4n) is 4.99. The average Bonchev–Trinajstić information content (AvgIpc) is 3.19. The number of likely N-dealkylation sites (tertiary alicyclic amines) is 1. The molecule has 0 bridgehead atoms. The van der Waals surface area contributed by atoms with Gasteiger partial charge in [-0.2, -0.15) is 0 Å². The van der Waals surface area contributed by atoms with E-state index in [0.29, 0.717) is 31.3 Å². The van der Waals surface area contributed by atoms with Crippen molar-refractivity contribution in [1.82, 2.24) is 14.8 Å². The van der Waals surface area contributed by atoms with E-state index in [4.69, 9.17) is 4.74 Å². The molecule has 3 heterocycles. The number of fused-ring (bicyclic) bond motifs is 2. The van der Waals surface area contributed by atoms with E-state index >= 15 is 0 Å². The highest BCUT2D eigenvalue weighted by atomic mass is 19.1. The summed E-state index contributed by atoms with van der Waals surface area (Å²) < 4.78 is 34.4. The fraction of sp³-hybridized carbons (Fsp3) is 0.385. The molecule has 3 aromatic rings. The molecule has 1 atom stereocenters. The Hall–Kier alpha value is -3.10. The Labute approximate surface area is 196 Å². The summed E-state index contributed by atoms with van der Waals surface area (Å²) in [6.07, 6.45) is 1.93. The number of pyridine rings is 1. The van der Waals surface area contributed by atoms with Crippen LogP contribution in [0, 0.1) is 11.6 Å². The first kappa shape index (κ1) is 22.7. The first-order valence-corrected chi connectivity index (χ1v) is 11.7. The maximum Gasteiger partial charge on any atom is 0.338 e. The molecular weight excluding hydrogens is 440 g/mol. The van der Waals surface area contributed by atoms with Crippen LogP contribution in [0.2, 0.25) is 0 Å². The summed E-state index contributed by atoms with van der Waals surface area (Å²) in [5.74, 6) is -1.60. The van der Waals surface area contributed by atoms with Crippen LogP contribution >= 0.6 is 0 Å². The maximum atomic E-state index is 14.1. The summed E-state index contributed by atoms with van der Waals surface area (Å²) in [6, 6.07) is 11.2. The second kappa shape index (κ2) is 9.27. The van der Waals surface area contributed by atoms with Gasteiger partial charge in [-0.15, -0.1) is 0 Å². The van der Waals surface area contributed by atoms with Gasteiger partial charge in [-0.1, -0.05) is 6.07 Å². The molecule has 5 rings (SSSR count). The van der Waals surface area contributed by atoms with Gasteiger partial charge >= 0.3 is 5.97 Å². The van der Waals surface area contributed by atoms with Gasteiger partial charge in [0.15, 0.2) is 0 Å². The lowest BCUT2D eigenvalue weighted by atomic mass is 9.99. The summed E-state index contributed by atoms with van der Waals surface area (Å²) in [7, 11) is 0. The van der Waals surface area contributed by atoms with Crippen molar-refractivity contribution in [3.63, 3.8) is 0 Å². The minimum Gasteiger partial charge on any atom is -0.457 e. The molecule has 6 nitrogen and oxygen atoms in total. The first-order chi connectivity index (χ1) is 16.4. The van der Waals surface area contributed by atoms with Gasteiger partial charge in [0.1, 0.15) is 18.2 Å². The van der Waals surface area contributed by atoms with Crippen LogP contribution in [0.1, 0.15) is 47.3 Å². The zero-order valence-electron chi connectivity index (χ0n) is 19.0. The van der Waals surface area contributed by atoms with E-state index in [0.717, 1.165) is 43.1 Å². The monoisotopic (exact) mass is 467 g/mol. The second-order valence-corrected chi connectivity index (χ2v) is 9.14. The lowest BCUT2D eigenvalue weighted by Crippen LogP contribution is -2.44. The quantitative estimate of drug-likeness (QED) is 0.560. The molecule has 1 saturated heterocycles. The van der Waals surface area contributed by atoms with E-state index < -0.39 is 11.6 Å². The molecule has 1 aromatic heterocycles. The summed E-state index contributed by atoms with van der Waals surface area (Å²) in [5.41, 5.74) is 2.75. The predicted molar refractivity (Wildman–Crippen MR) is 125 cm³/mol. The minimum atomic E-state index is -0.687. The number of cyclic esters (lactones) is 1. The number of hydrogen-bond acceptors (Lipinski definition) is 5. The normalized spacial score (nSPS) is 17.7. The summed E-state index contributed by atoms with van der Waals surface area (Å²) in [4.78, 5) is 26.3. The van der Waals surface area contributed by atoms with Crippen molar-refractivity contribution < 1.29 is 18.3 Å². The smallest absolute Gasteiger partial charge is 0.338 e. The zero-order valence-corrected chi connectivity index (χ0v) is 19.0. The van der Waals surface area contributed by atoms with E-state index in [-0.39, 0.29) is 28.5 Å². The van der Waals surface area contributed by atoms with Crippen molar-refractivity contribution in [3.05, 3.63) is 81.1 Å². The Morgan fingerprint density at radius 3 is 2.65 bits per heavy atom. The molecule has 0 saturated carbocycles. The van der Waals surface area contributed by atoms with Crippen molar-refractivity contribution >= 4 is 16.9 Å². The van der Waals surface area contributed by atoms with Crippen LogP contribution in [-0.4, -0.2) is 41.1 Å². The van der Waals surface area contributed by atoms with Gasteiger partial charge < -0.3 is 19.5 Å². The van der Waals surface area contributed by atoms with Gasteiger partial charge in [0.05, 0.1) is 11.1 Å². The molecule has 1 N–H and O–H groups in total. The lowest BCUT2D eigenvalue weighted by Gasteiger charge is -2.34. The van der Waals surface area contributed by atoms with Crippen molar-refractivity contribution in [2.45, 2.75) is 45.0 Å². The lowest BCUT2D eigenvalue weighted by molar-refractivity contribution is 0.0535. The molecule has 2 aliphatic heterocycles. The second-order valence-electron chi connectivity index (χ2n) is 9.14. The van der Waals surface area contributed by atoms with Crippen molar-refractivity contribution in [1.29, 1.82) is 0 Å². The number of esters is 1. The molecule has 2 aliphatic rings. The van der Waals surface area contributed by atoms with Crippen LogP contribution in [0.3, 0.4) is 0 Å². The third-order valence-corrected chi connectivity index (χ3v) is 6.94. The van der Waals surface area contributed by atoms with Crippen LogP contribution in [0.4, 0.5) is 8.78 Å². The number of carbonyl (C=O) groups excluding carboxylic acids is 1. The number of nitrogens with one attached hydrogen (secondary N) is 1. The Kier molecular flexibility index (Phi) is 6.18. The third-order valence-electron chi connectivity index (χ3n) is 6.94. The third kappa shape index (κ3) is 4.48. The van der Waals surface area contributed by atoms with Gasteiger partial charge in [0.25, 0.3) is 5.56 Å². The highest BCUT2D eigenvalue weighted by Crippen LogP contribution is 2.25. The molecule has 0 aliphatic carbocycles. The number of carbonyl (C=O) groups is 1. The Morgan fingerprint density at radius 1 is 1.06 bits per heavy atom. The molecule has 0 spiro atoms. The maximum absolute atomic E-state index is 14.1. The van der Waals surface area contributed by atoms with Gasteiger partial charge in [-0.25, -0.2) is 13.6 Å². The van der Waals surface area contributed by atoms with Crippen molar-refractivity contribution in [2.24, 2.45) is 0 Å². The van der Waals surface area contributed by atoms with Crippen LogP contribution in [0.5, 0.6) is 0 Å². The molecule has 178 valence electrons. The number of nitrogens with zero attached hydrogens (tertiary/aromatic N) is 2. The molecular formula is C26H27F2N3O3. The number of halogens is 2.